The van der Waals surface area contributed by atoms with Gasteiger partial charge in [0.25, 0.3) is 23.5 Å². The summed E-state index contributed by atoms with van der Waals surface area (Å²) in [5.74, 6) is 5.46. The van der Waals surface area contributed by atoms with Crippen molar-refractivity contribution in [1.29, 1.82) is 2.67 Å². The van der Waals surface area contributed by atoms with E-state index in [2.05, 4.69) is 138 Å². The van der Waals surface area contributed by atoms with Gasteiger partial charge < -0.3 is 55.1 Å². The number of ether oxygens (including phenoxy) is 3. The molecule has 4 aliphatic rings. The maximum Gasteiger partial charge on any atom is 0.339 e. The molecule has 6 N–H and O–H groups in total. The number of aromatic carboxylic acids is 1. The predicted octanol–water partition coefficient (Wildman–Crippen LogP) is 11.0. The fraction of sp³-hybridized carbons (Fsp3) is 0.397. The molecule has 20 nitrogen and oxygen atoms in total. The number of hydrogen-bond acceptors (Lipinski definition) is 13. The minimum atomic E-state index is -0.971. The first-order valence-electron chi connectivity index (χ1n) is 35.8. The molecule has 4 saturated heterocycles. The van der Waals surface area contributed by atoms with Crippen molar-refractivity contribution >= 4 is 70.5 Å². The normalized spacial score (nSPS) is 19.1. The number of rotatable bonds is 17. The third kappa shape index (κ3) is 18.8. The van der Waals surface area contributed by atoms with Gasteiger partial charge in [-0.1, -0.05) is 91.0 Å². The second-order valence-electron chi connectivity index (χ2n) is 26.2. The van der Waals surface area contributed by atoms with Crippen LogP contribution in [0, 0.1) is 31.1 Å². The maximum absolute atomic E-state index is 14.0. The van der Waals surface area contributed by atoms with Crippen LogP contribution in [0.15, 0.2) is 158 Å². The monoisotopic (exact) mass is 1590 g/mol. The summed E-state index contributed by atoms with van der Waals surface area (Å²) < 4.78 is 29.8. The molecule has 6 aromatic carbocycles. The maximum atomic E-state index is 14.0. The van der Waals surface area contributed by atoms with Gasteiger partial charge in [0.2, 0.25) is 0 Å². The first-order valence-corrected chi connectivity index (χ1v) is 34.7. The van der Waals surface area contributed by atoms with Crippen LogP contribution >= 0.6 is 0 Å². The number of amides is 3. The summed E-state index contributed by atoms with van der Waals surface area (Å²) in [6.45, 7) is 29.2. The molecule has 0 saturated carbocycles. The number of carboxylic acid groups (broad SMARTS) is 1. The number of nitrogens with one attached hydrogen (secondary N) is 3. The van der Waals surface area contributed by atoms with E-state index < -0.39 is 17.7 Å². The molecule has 4 aliphatic heterocycles. The van der Waals surface area contributed by atoms with Crippen molar-refractivity contribution in [2.24, 2.45) is 0 Å². The number of fused-ring (bicyclic) bond motifs is 3. The summed E-state index contributed by atoms with van der Waals surface area (Å²) in [7, 11) is 0.500. The third-order valence-electron chi connectivity index (χ3n) is 19.1. The number of aromatic nitrogens is 3. The van der Waals surface area contributed by atoms with Gasteiger partial charge in [-0.05, 0) is 125 Å². The largest absolute Gasteiger partial charge is 0.493 e. The van der Waals surface area contributed by atoms with Crippen LogP contribution in [-0.2, 0) is 17.9 Å². The van der Waals surface area contributed by atoms with Crippen LogP contribution in [0.4, 0.5) is 0 Å². The van der Waals surface area contributed by atoms with E-state index in [0.29, 0.717) is 112 Å². The van der Waals surface area contributed by atoms with E-state index >= 15 is 0 Å². The number of carbonyl (C=O) groups excluding carboxylic acids is 4. The fourth-order valence-corrected chi connectivity index (χ4v) is 13.7. The van der Waals surface area contributed by atoms with Gasteiger partial charge in [0.1, 0.15) is 22.8 Å². The first kappa shape index (κ1) is 74.3. The number of Topliss-reactive ketones (excluding diaryl/α,β-unsaturated/α-hetero) is 1. The van der Waals surface area contributed by atoms with Gasteiger partial charge in [0.15, 0.2) is 0 Å². The van der Waals surface area contributed by atoms with Gasteiger partial charge in [-0.2, -0.15) is 0 Å². The van der Waals surface area contributed by atoms with Crippen molar-refractivity contribution in [3.05, 3.63) is 197 Å². The van der Waals surface area contributed by atoms with Crippen LogP contribution in [0.3, 0.4) is 0 Å². The summed E-state index contributed by atoms with van der Waals surface area (Å²) in [4.78, 5) is 83.7. The van der Waals surface area contributed by atoms with E-state index in [4.69, 9.17) is 27.8 Å². The Bertz CT molecular complexity index is 4200. The number of carboxylic acids is 1. The van der Waals surface area contributed by atoms with Crippen LogP contribution < -0.4 is 25.4 Å². The number of ketones is 1. The Morgan fingerprint density at radius 3 is 1.53 bits per heavy atom. The number of hydrogen-bond donors (Lipinski definition) is 5. The SMILES string of the molecule is CCOc1cc2[nH]ccc2cc1C(=O)N1C[C@H](C)N(Cc2ccccc2)C[C@H]1C.CCOc1cc2[nH]ccc2cc1C(=O)O.CCOc1cc2c(cc1C(=O)N1C[C@H](C)N(Cc3ccccc3)C[C@H]1C)c(C(=O)C(=O)N1CCCC1)cn2N.C[C@@H]1CN([C@H](C)c2ccccc2)CCN1.[3H][B][3H].[U]. The number of nitrogens with two attached hydrogens (primary N) is 1. The molecular weight excluding hydrogens is 1480 g/mol. The Kier molecular flexibility index (Phi) is 27.0. The molecule has 3 amide bonds. The molecule has 0 bridgehead atoms. The molecule has 1 radical (unpaired) electrons. The molecule has 22 heteroatoms. The predicted molar refractivity (Wildman–Crippen MR) is 395 cm³/mol. The molecule has 9 aromatic rings. The molecule has 100 heavy (non-hydrogen) atoms. The van der Waals surface area contributed by atoms with Crippen LogP contribution in [0.2, 0.25) is 0 Å². The molecule has 6 atom stereocenters. The molecule has 13 rings (SSSR count). The van der Waals surface area contributed by atoms with Crippen LogP contribution in [0.25, 0.3) is 32.7 Å². The number of aromatic amines is 2. The Hall–Kier alpha value is -8.35. The van der Waals surface area contributed by atoms with Gasteiger partial charge >= 0.3 is 5.97 Å². The van der Waals surface area contributed by atoms with Gasteiger partial charge in [0.05, 0.1) is 50.4 Å². The zero-order chi connectivity index (χ0) is 72.3. The van der Waals surface area contributed by atoms with Crippen molar-refractivity contribution < 1.29 is 74.4 Å². The molecule has 527 valence electrons. The molecule has 0 unspecified atom stereocenters. The summed E-state index contributed by atoms with van der Waals surface area (Å²) in [5.41, 5.74) is 7.79. The van der Waals surface area contributed by atoms with Crippen molar-refractivity contribution in [2.75, 3.05) is 84.6 Å². The second-order valence-corrected chi connectivity index (χ2v) is 26.2. The average Bonchev–Trinajstić information content (AvgIpc) is 1.54. The van der Waals surface area contributed by atoms with Crippen LogP contribution in [0.5, 0.6) is 17.2 Å². The number of nitrogen functional groups attached to an aromatic ring is 1. The molecule has 3 aromatic heterocycles. The van der Waals surface area contributed by atoms with Crippen molar-refractivity contribution in [2.45, 2.75) is 124 Å². The number of nitrogens with zero attached hydrogens (tertiary/aromatic N) is 7. The van der Waals surface area contributed by atoms with Gasteiger partial charge in [-0.25, -0.2) is 4.79 Å². The average molecular weight is 1590 g/mol. The zero-order valence-electron chi connectivity index (χ0n) is 61.3. The molecule has 0 aliphatic carbocycles. The number of benzene rings is 6. The quantitative estimate of drug-likeness (QED) is 0.0247. The zero-order valence-corrected chi connectivity index (χ0v) is 63.5. The summed E-state index contributed by atoms with van der Waals surface area (Å²) in [5, 5.41) is 14.9. The summed E-state index contributed by atoms with van der Waals surface area (Å²) in [6.07, 6.45) is 6.91. The topological polar surface area (TPSA) is 227 Å². The smallest absolute Gasteiger partial charge is 0.339 e. The van der Waals surface area contributed by atoms with Gasteiger partial charge in [0, 0.05) is 203 Å². The number of piperazine rings is 3. The first-order chi connectivity index (χ1) is 48.7. The number of H-pyrrole nitrogens is 2. The Balaban J connectivity index is 0.000000183. The van der Waals surface area contributed by atoms with Crippen molar-refractivity contribution in [3.8, 4) is 17.2 Å². The van der Waals surface area contributed by atoms with Crippen molar-refractivity contribution in [1.82, 2.24) is 49.4 Å². The minimum absolute atomic E-state index is 0. The van der Waals surface area contributed by atoms with Crippen LogP contribution in [-0.4, -0.2) is 199 Å². The fourth-order valence-electron chi connectivity index (χ4n) is 13.7. The Labute approximate surface area is 616 Å². The second kappa shape index (κ2) is 36.3. The number of carbonyl (C=O) groups is 5. The summed E-state index contributed by atoms with van der Waals surface area (Å²) in [6, 6.07) is 47.7. The third-order valence-corrected chi connectivity index (χ3v) is 19.1. The van der Waals surface area contributed by atoms with E-state index in [9.17, 15) is 24.0 Å². The Morgan fingerprint density at radius 2 is 1.05 bits per heavy atom. The molecule has 4 fully saturated rings. The molecule has 7 heterocycles. The number of likely N-dealkylation sites (tertiary alicyclic amines) is 1. The standard InChI is InChI=1S/C30H37N5O4.C24H29N3O2.C13H20N2.C11H11NO3.BH2.U/c1-4-39-27-15-26-23(25(19-35(26)31)28(36)30(38)32-12-8-9-13-32)14-24(27)29(37)34-17-20(2)33(16-21(34)3)18-22-10-6-5-7-11-22;1-4-29-23-13-22-20(10-11-25-22)12-21(23)24(28)27-15-17(2)26(14-18(27)3)16-19-8-6-5-7-9-19;1-11-10-15(9-8-14-11)12(2)13-6-4-3-5-7-13;1-2-15-10-6-9-7(3-4-12-9)5-8(10)11(13)14;;/h5-7,10-11,14-15,19-21H,4,8-9,12-13,16-18,31H2,1-3H3;5-13,17-18,25H,4,14-16H2,1-3H3;3-7,11-12,14H,8-10H2,1-2H3;3-6,12H,2H2,1H3,(H,13,14);1H2;/t20-,21+;17-,18+;11-,12-;;;/m001.../s1/i;;;;1T2;. The van der Waals surface area contributed by atoms with Gasteiger partial charge in [-0.3, -0.25) is 38.6 Å². The Morgan fingerprint density at radius 1 is 0.590 bits per heavy atom. The van der Waals surface area contributed by atoms with E-state index in [-0.39, 0.29) is 72.2 Å². The van der Waals surface area contributed by atoms with E-state index in [1.807, 2.05) is 85.3 Å². The van der Waals surface area contributed by atoms with E-state index in [1.165, 1.54) is 27.6 Å². The van der Waals surface area contributed by atoms with Crippen molar-refractivity contribution in [3.63, 3.8) is 0 Å². The van der Waals surface area contributed by atoms with Crippen LogP contribution in [0.1, 0.15) is 139 Å². The summed E-state index contributed by atoms with van der Waals surface area (Å²) >= 11 is 0. The molecule has 0 spiro atoms. The van der Waals surface area contributed by atoms with E-state index in [0.717, 1.165) is 80.5 Å². The minimum Gasteiger partial charge on any atom is -0.493 e. The van der Waals surface area contributed by atoms with Gasteiger partial charge in [-0.15, -0.1) is 0 Å². The molecular formula is C78H99BN11O9U. The van der Waals surface area contributed by atoms with E-state index in [1.54, 1.807) is 35.4 Å².